The van der Waals surface area contributed by atoms with E-state index in [1.165, 1.54) is 21.3 Å². The van der Waals surface area contributed by atoms with Gasteiger partial charge in [-0.05, 0) is 47.5 Å². The van der Waals surface area contributed by atoms with Crippen molar-refractivity contribution in [1.82, 2.24) is 5.32 Å². The van der Waals surface area contributed by atoms with Gasteiger partial charge in [0.1, 0.15) is 11.9 Å². The number of methoxy groups -OCH3 is 3. The number of nitrogen functional groups attached to an aromatic ring is 1. The van der Waals surface area contributed by atoms with Crippen LogP contribution in [0.4, 0.5) is 5.69 Å². The first-order valence-corrected chi connectivity index (χ1v) is 10.3. The number of nitrogens with two attached hydrogens (primary N) is 1. The maximum atomic E-state index is 13.3. The summed E-state index contributed by atoms with van der Waals surface area (Å²) in [5.41, 5.74) is 8.45. The van der Waals surface area contributed by atoms with Crippen molar-refractivity contribution in [2.45, 2.75) is 12.6 Å². The number of carbonyl (C=O) groups excluding carboxylic acids is 1. The van der Waals surface area contributed by atoms with Gasteiger partial charge >= 0.3 is 0 Å². The molecule has 3 aromatic carbocycles. The van der Waals surface area contributed by atoms with Gasteiger partial charge in [0.05, 0.1) is 21.3 Å². The first-order valence-electron chi connectivity index (χ1n) is 10.3. The monoisotopic (exact) mass is 484 g/mol. The van der Waals surface area contributed by atoms with Gasteiger partial charge in [-0.3, -0.25) is 10.2 Å². The quantitative estimate of drug-likeness (QED) is 0.256. The number of amides is 1. The maximum Gasteiger partial charge on any atom is 0.247 e. The van der Waals surface area contributed by atoms with E-state index in [1.54, 1.807) is 36.4 Å². The van der Waals surface area contributed by atoms with E-state index < -0.39 is 6.04 Å². The molecule has 0 bridgehead atoms. The standard InChI is InChI=1S/C25H28N4O4.ClH/c1-31-20-13-18(14-21(32-2)23(20)33-3)22(25(30)28-15-16-7-5-4-6-8-16)29-19-11-9-17(10-12-19)24(26)27;/h4-14,22,29H,15H2,1-3H3,(H3,26,27)(H,28,30);1H/t22-;/m0./s1. The van der Waals surface area contributed by atoms with Crippen LogP contribution in [0.15, 0.2) is 66.7 Å². The normalized spacial score (nSPS) is 10.9. The van der Waals surface area contributed by atoms with Crippen molar-refractivity contribution in [1.29, 1.82) is 5.41 Å². The smallest absolute Gasteiger partial charge is 0.247 e. The number of benzene rings is 3. The molecule has 0 spiro atoms. The Bertz CT molecular complexity index is 1080. The highest BCUT2D eigenvalue weighted by Gasteiger charge is 2.24. The molecule has 1 amide bonds. The van der Waals surface area contributed by atoms with Crippen molar-refractivity contribution in [3.05, 3.63) is 83.4 Å². The minimum absolute atomic E-state index is 0. The number of rotatable bonds is 10. The molecule has 0 aliphatic heterocycles. The van der Waals surface area contributed by atoms with Gasteiger partial charge in [0.15, 0.2) is 11.5 Å². The molecule has 5 N–H and O–H groups in total. The van der Waals surface area contributed by atoms with Crippen molar-refractivity contribution in [3.8, 4) is 17.2 Å². The molecule has 0 aromatic heterocycles. The number of carbonyl (C=O) groups is 1. The second-order valence-corrected chi connectivity index (χ2v) is 7.23. The number of hydrogen-bond acceptors (Lipinski definition) is 6. The van der Waals surface area contributed by atoms with Crippen LogP contribution in [0, 0.1) is 5.41 Å². The summed E-state index contributed by atoms with van der Waals surface area (Å²) in [6.45, 7) is 0.381. The lowest BCUT2D eigenvalue weighted by Crippen LogP contribution is -2.33. The van der Waals surface area contributed by atoms with Crippen LogP contribution in [0.3, 0.4) is 0 Å². The van der Waals surface area contributed by atoms with Gasteiger partial charge in [0.2, 0.25) is 11.7 Å². The second kappa shape index (κ2) is 12.4. The molecule has 0 fully saturated rings. The molecule has 8 nitrogen and oxygen atoms in total. The van der Waals surface area contributed by atoms with Crippen LogP contribution in [0.5, 0.6) is 17.2 Å². The Balaban J connectivity index is 0.00000408. The third kappa shape index (κ3) is 6.32. The maximum absolute atomic E-state index is 13.3. The zero-order valence-corrected chi connectivity index (χ0v) is 20.1. The Morgan fingerprint density at radius 1 is 0.941 bits per heavy atom. The van der Waals surface area contributed by atoms with Crippen LogP contribution in [0.2, 0.25) is 0 Å². The number of hydrogen-bond donors (Lipinski definition) is 4. The summed E-state index contributed by atoms with van der Waals surface area (Å²) in [5.74, 6) is 1.08. The molecular formula is C25H29ClN4O4. The van der Waals surface area contributed by atoms with Crippen molar-refractivity contribution in [3.63, 3.8) is 0 Å². The van der Waals surface area contributed by atoms with Crippen LogP contribution < -0.4 is 30.6 Å². The number of anilines is 1. The van der Waals surface area contributed by atoms with E-state index in [0.717, 1.165) is 5.56 Å². The Morgan fingerprint density at radius 3 is 2.03 bits per heavy atom. The zero-order chi connectivity index (χ0) is 23.8. The summed E-state index contributed by atoms with van der Waals surface area (Å²) < 4.78 is 16.3. The van der Waals surface area contributed by atoms with Crippen molar-refractivity contribution in [2.24, 2.45) is 5.73 Å². The summed E-state index contributed by atoms with van der Waals surface area (Å²) in [4.78, 5) is 13.3. The first-order chi connectivity index (χ1) is 16.0. The van der Waals surface area contributed by atoms with Gasteiger partial charge in [-0.25, -0.2) is 0 Å². The van der Waals surface area contributed by atoms with E-state index in [2.05, 4.69) is 10.6 Å². The molecule has 0 aliphatic carbocycles. The molecule has 3 rings (SSSR count). The van der Waals surface area contributed by atoms with E-state index in [1.807, 2.05) is 30.3 Å². The van der Waals surface area contributed by atoms with Crippen molar-refractivity contribution >= 4 is 29.8 Å². The van der Waals surface area contributed by atoms with E-state index >= 15 is 0 Å². The third-order valence-corrected chi connectivity index (χ3v) is 5.10. The molecule has 0 saturated heterocycles. The Labute approximate surface area is 205 Å². The van der Waals surface area contributed by atoms with Crippen LogP contribution in [-0.2, 0) is 11.3 Å². The van der Waals surface area contributed by atoms with E-state index in [4.69, 9.17) is 25.4 Å². The fraction of sp³-hybridized carbons (Fsp3) is 0.200. The van der Waals surface area contributed by atoms with Gasteiger partial charge in [-0.2, -0.15) is 0 Å². The number of ether oxygens (including phenoxy) is 3. The highest BCUT2D eigenvalue weighted by Crippen LogP contribution is 2.40. The lowest BCUT2D eigenvalue weighted by molar-refractivity contribution is -0.122. The van der Waals surface area contributed by atoms with Crippen molar-refractivity contribution in [2.75, 3.05) is 26.6 Å². The molecule has 0 aliphatic rings. The van der Waals surface area contributed by atoms with E-state index in [9.17, 15) is 4.79 Å². The van der Waals surface area contributed by atoms with E-state index in [-0.39, 0.29) is 24.1 Å². The number of halogens is 1. The third-order valence-electron chi connectivity index (χ3n) is 5.10. The Kier molecular flexibility index (Phi) is 9.58. The SMILES string of the molecule is COc1cc([C@H](Nc2ccc(C(=N)N)cc2)C(=O)NCc2ccccc2)cc(OC)c1OC.Cl. The predicted octanol–water partition coefficient (Wildman–Crippen LogP) is 3.89. The summed E-state index contributed by atoms with van der Waals surface area (Å²) in [5, 5.41) is 13.8. The summed E-state index contributed by atoms with van der Waals surface area (Å²) in [6.07, 6.45) is 0. The Hall–Kier alpha value is -3.91. The minimum atomic E-state index is -0.759. The second-order valence-electron chi connectivity index (χ2n) is 7.23. The van der Waals surface area contributed by atoms with Gasteiger partial charge in [0, 0.05) is 17.8 Å². The summed E-state index contributed by atoms with van der Waals surface area (Å²) in [7, 11) is 4.58. The van der Waals surface area contributed by atoms with Crippen molar-refractivity contribution < 1.29 is 19.0 Å². The first kappa shape index (κ1) is 26.3. The van der Waals surface area contributed by atoms with Gasteiger partial charge in [-0.1, -0.05) is 30.3 Å². The Morgan fingerprint density at radius 2 is 1.53 bits per heavy atom. The van der Waals surface area contributed by atoms with Gasteiger partial charge < -0.3 is 30.6 Å². The molecule has 180 valence electrons. The molecule has 9 heteroatoms. The van der Waals surface area contributed by atoms with Gasteiger partial charge in [0.25, 0.3) is 0 Å². The van der Waals surface area contributed by atoms with Gasteiger partial charge in [-0.15, -0.1) is 12.4 Å². The average molecular weight is 485 g/mol. The van der Waals surface area contributed by atoms with Crippen LogP contribution >= 0.6 is 12.4 Å². The zero-order valence-electron chi connectivity index (χ0n) is 19.3. The molecule has 0 heterocycles. The fourth-order valence-electron chi connectivity index (χ4n) is 3.37. The fourth-order valence-corrected chi connectivity index (χ4v) is 3.37. The molecule has 1 atom stereocenters. The lowest BCUT2D eigenvalue weighted by Gasteiger charge is -2.22. The highest BCUT2D eigenvalue weighted by molar-refractivity contribution is 5.95. The number of nitrogens with one attached hydrogen (secondary N) is 3. The minimum Gasteiger partial charge on any atom is -0.493 e. The number of amidine groups is 1. The molecule has 3 aromatic rings. The molecular weight excluding hydrogens is 456 g/mol. The summed E-state index contributed by atoms with van der Waals surface area (Å²) >= 11 is 0. The lowest BCUT2D eigenvalue weighted by atomic mass is 10.0. The largest absolute Gasteiger partial charge is 0.493 e. The topological polar surface area (TPSA) is 119 Å². The molecule has 34 heavy (non-hydrogen) atoms. The average Bonchev–Trinajstić information content (AvgIpc) is 2.85. The highest BCUT2D eigenvalue weighted by atomic mass is 35.5. The molecule has 0 saturated carbocycles. The molecule has 0 unspecified atom stereocenters. The summed E-state index contributed by atoms with van der Waals surface area (Å²) in [6, 6.07) is 19.4. The van der Waals surface area contributed by atoms with Crippen LogP contribution in [0.25, 0.3) is 0 Å². The predicted molar refractivity (Wildman–Crippen MR) is 135 cm³/mol. The van der Waals surface area contributed by atoms with Crippen LogP contribution in [0.1, 0.15) is 22.7 Å². The van der Waals surface area contributed by atoms with Crippen LogP contribution in [-0.4, -0.2) is 33.1 Å². The molecule has 0 radical (unpaired) electrons. The van der Waals surface area contributed by atoms with E-state index in [0.29, 0.717) is 40.6 Å².